The molecule has 0 aliphatic heterocycles. The highest BCUT2D eigenvalue weighted by Gasteiger charge is 2.22. The summed E-state index contributed by atoms with van der Waals surface area (Å²) in [6.45, 7) is 4.34. The number of ether oxygens (including phenoxy) is 1. The zero-order valence-corrected chi connectivity index (χ0v) is 14.9. The van der Waals surface area contributed by atoms with E-state index in [2.05, 4.69) is 24.9 Å². The first-order valence-electron chi connectivity index (χ1n) is 8.88. The van der Waals surface area contributed by atoms with E-state index < -0.39 is 0 Å². The Morgan fingerprint density at radius 1 is 1.13 bits per heavy atom. The second kappa shape index (κ2) is 7.63. The quantitative estimate of drug-likeness (QED) is 0.831. The summed E-state index contributed by atoms with van der Waals surface area (Å²) in [5.41, 5.74) is 1.04. The number of fused-ring (bicyclic) bond motifs is 1. The van der Waals surface area contributed by atoms with Gasteiger partial charge in [0.05, 0.1) is 21.3 Å². The third kappa shape index (κ3) is 4.24. The molecule has 126 valence electrons. The summed E-state index contributed by atoms with van der Waals surface area (Å²) in [6.07, 6.45) is 7.37. The monoisotopic (exact) mass is 333 g/mol. The topological polar surface area (TPSA) is 42.4 Å². The molecule has 1 aromatic carbocycles. The first-order valence-corrected chi connectivity index (χ1v) is 9.70. The van der Waals surface area contributed by atoms with E-state index >= 15 is 0 Å². The molecule has 2 unspecified atom stereocenters. The van der Waals surface area contributed by atoms with Crippen LogP contribution >= 0.6 is 11.3 Å². The Morgan fingerprint density at radius 3 is 2.65 bits per heavy atom. The van der Waals surface area contributed by atoms with Gasteiger partial charge in [-0.25, -0.2) is 4.98 Å². The molecule has 1 N–H and O–H groups in total. The molecular weight excluding hydrogens is 306 g/mol. The van der Waals surface area contributed by atoms with Crippen LogP contribution in [0.4, 0.5) is 0 Å². The van der Waals surface area contributed by atoms with E-state index in [1.165, 1.54) is 29.0 Å². The number of rotatable bonds is 3. The van der Waals surface area contributed by atoms with Crippen molar-refractivity contribution < 1.29 is 9.84 Å². The molecular formula is C19H27NO2S. The Morgan fingerprint density at radius 2 is 1.87 bits per heavy atom. The van der Waals surface area contributed by atoms with Crippen molar-refractivity contribution in [2.75, 3.05) is 0 Å². The molecule has 23 heavy (non-hydrogen) atoms. The molecule has 0 saturated heterocycles. The van der Waals surface area contributed by atoms with Crippen LogP contribution in [0.5, 0.6) is 5.75 Å². The zero-order chi connectivity index (χ0) is 16.2. The average molecular weight is 333 g/mol. The Balaban J connectivity index is 1.75. The van der Waals surface area contributed by atoms with Gasteiger partial charge in [0.1, 0.15) is 11.9 Å². The van der Waals surface area contributed by atoms with E-state index in [0.717, 1.165) is 36.9 Å². The highest BCUT2D eigenvalue weighted by atomic mass is 32.1. The minimum absolute atomic E-state index is 0.0805. The fraction of sp³-hybridized carbons (Fsp3) is 0.632. The number of aliphatic hydroxyl groups excluding tert-OH is 1. The van der Waals surface area contributed by atoms with Crippen LogP contribution in [-0.2, 0) is 0 Å². The molecule has 2 atom stereocenters. The number of nitrogens with zero attached hydrogens (tertiary/aromatic N) is 1. The molecule has 0 amide bonds. The number of aromatic nitrogens is 1. The lowest BCUT2D eigenvalue weighted by molar-refractivity contribution is 0.0253. The van der Waals surface area contributed by atoms with Gasteiger partial charge in [0, 0.05) is 5.92 Å². The lowest BCUT2D eigenvalue weighted by Crippen LogP contribution is -2.31. The Kier molecular flexibility index (Phi) is 5.54. The van der Waals surface area contributed by atoms with E-state index in [0.29, 0.717) is 5.92 Å². The predicted octanol–water partition coefficient (Wildman–Crippen LogP) is 5.27. The van der Waals surface area contributed by atoms with Crippen molar-refractivity contribution in [3.05, 3.63) is 23.2 Å². The van der Waals surface area contributed by atoms with Gasteiger partial charge in [0.15, 0.2) is 0 Å². The van der Waals surface area contributed by atoms with E-state index in [1.54, 1.807) is 11.3 Å². The molecule has 1 heterocycles. The van der Waals surface area contributed by atoms with Crippen molar-refractivity contribution in [1.29, 1.82) is 0 Å². The van der Waals surface area contributed by atoms with Crippen LogP contribution in [0.3, 0.4) is 0 Å². The number of aliphatic hydroxyl groups is 1. The first-order chi connectivity index (χ1) is 11.1. The predicted molar refractivity (Wildman–Crippen MR) is 96.5 cm³/mol. The van der Waals surface area contributed by atoms with Gasteiger partial charge in [-0.3, -0.25) is 0 Å². The molecule has 4 heteroatoms. The van der Waals surface area contributed by atoms with Gasteiger partial charge in [0.25, 0.3) is 0 Å². The molecule has 0 bridgehead atoms. The largest absolute Gasteiger partial charge is 0.488 e. The molecule has 1 aliphatic rings. The Hall–Kier alpha value is -1.13. The van der Waals surface area contributed by atoms with E-state index in [1.807, 2.05) is 12.1 Å². The van der Waals surface area contributed by atoms with Crippen LogP contribution in [0, 0.1) is 0 Å². The lowest BCUT2D eigenvalue weighted by Gasteiger charge is -2.23. The highest BCUT2D eigenvalue weighted by molar-refractivity contribution is 7.18. The summed E-state index contributed by atoms with van der Waals surface area (Å²) in [5.74, 6) is 1.31. The van der Waals surface area contributed by atoms with Crippen molar-refractivity contribution >= 4 is 21.6 Å². The fourth-order valence-electron chi connectivity index (χ4n) is 3.16. The number of hydrogen-bond donors (Lipinski definition) is 1. The summed E-state index contributed by atoms with van der Waals surface area (Å²) in [6, 6.07) is 6.11. The van der Waals surface area contributed by atoms with Crippen molar-refractivity contribution in [2.24, 2.45) is 0 Å². The number of hydrogen-bond acceptors (Lipinski definition) is 4. The summed E-state index contributed by atoms with van der Waals surface area (Å²) in [5, 5.41) is 11.6. The molecule has 0 spiro atoms. The first kappa shape index (κ1) is 16.7. The van der Waals surface area contributed by atoms with Crippen molar-refractivity contribution in [3.8, 4) is 5.75 Å². The van der Waals surface area contributed by atoms with Crippen molar-refractivity contribution in [3.63, 3.8) is 0 Å². The molecule has 1 fully saturated rings. The van der Waals surface area contributed by atoms with Crippen LogP contribution in [0.2, 0.25) is 0 Å². The van der Waals surface area contributed by atoms with Gasteiger partial charge < -0.3 is 9.84 Å². The van der Waals surface area contributed by atoms with Gasteiger partial charge in [-0.1, -0.05) is 39.5 Å². The molecule has 3 rings (SSSR count). The van der Waals surface area contributed by atoms with E-state index in [9.17, 15) is 5.11 Å². The van der Waals surface area contributed by atoms with Gasteiger partial charge in [-0.05, 0) is 37.5 Å². The second-order valence-corrected chi connectivity index (χ2v) is 7.97. The summed E-state index contributed by atoms with van der Waals surface area (Å²) < 4.78 is 7.34. The summed E-state index contributed by atoms with van der Waals surface area (Å²) >= 11 is 1.74. The number of thiazole rings is 1. The van der Waals surface area contributed by atoms with Crippen LogP contribution in [0.1, 0.15) is 69.7 Å². The van der Waals surface area contributed by atoms with Crippen LogP contribution in [0.25, 0.3) is 10.2 Å². The SMILES string of the molecule is CC(C)c1nc2ccc(OC3CCCCCCCC3O)cc2s1. The van der Waals surface area contributed by atoms with Gasteiger partial charge in [0.2, 0.25) is 0 Å². The summed E-state index contributed by atoms with van der Waals surface area (Å²) in [4.78, 5) is 4.67. The van der Waals surface area contributed by atoms with Crippen molar-refractivity contribution in [2.45, 2.75) is 76.9 Å². The Bertz CT molecular complexity index is 637. The maximum atomic E-state index is 10.4. The third-order valence-electron chi connectivity index (χ3n) is 4.58. The standard InChI is InChI=1S/C19H27NO2S/c1-13(2)19-20-15-11-10-14(12-18(15)23-19)22-17-9-7-5-3-4-6-8-16(17)21/h10-13,16-17,21H,3-9H2,1-2H3. The maximum Gasteiger partial charge on any atom is 0.124 e. The molecule has 1 saturated carbocycles. The molecule has 3 nitrogen and oxygen atoms in total. The highest BCUT2D eigenvalue weighted by Crippen LogP contribution is 2.31. The minimum atomic E-state index is -0.350. The smallest absolute Gasteiger partial charge is 0.124 e. The number of benzene rings is 1. The van der Waals surface area contributed by atoms with Gasteiger partial charge in [-0.2, -0.15) is 0 Å². The van der Waals surface area contributed by atoms with Crippen molar-refractivity contribution in [1.82, 2.24) is 4.98 Å². The van der Waals surface area contributed by atoms with Crippen LogP contribution in [0.15, 0.2) is 18.2 Å². The summed E-state index contributed by atoms with van der Waals surface area (Å²) in [7, 11) is 0. The molecule has 1 aliphatic carbocycles. The van der Waals surface area contributed by atoms with Crippen LogP contribution < -0.4 is 4.74 Å². The van der Waals surface area contributed by atoms with Gasteiger partial charge in [-0.15, -0.1) is 11.3 Å². The lowest BCUT2D eigenvalue weighted by atomic mass is 10.0. The third-order valence-corrected chi connectivity index (χ3v) is 5.89. The van der Waals surface area contributed by atoms with E-state index in [4.69, 9.17) is 4.74 Å². The van der Waals surface area contributed by atoms with Crippen LogP contribution in [-0.4, -0.2) is 22.3 Å². The maximum absolute atomic E-state index is 10.4. The molecule has 1 aromatic heterocycles. The fourth-order valence-corrected chi connectivity index (χ4v) is 4.16. The minimum Gasteiger partial charge on any atom is -0.488 e. The second-order valence-electron chi connectivity index (χ2n) is 6.91. The molecule has 2 aromatic rings. The normalized spacial score (nSPS) is 23.5. The Labute approximate surface area is 142 Å². The average Bonchev–Trinajstić information content (AvgIpc) is 2.98. The van der Waals surface area contributed by atoms with E-state index in [-0.39, 0.29) is 12.2 Å². The molecule has 0 radical (unpaired) electrons. The zero-order valence-electron chi connectivity index (χ0n) is 14.1. The van der Waals surface area contributed by atoms with Gasteiger partial charge >= 0.3 is 0 Å².